The Bertz CT molecular complexity index is 816. The number of nitrogens with zero attached hydrogens (tertiary/aromatic N) is 2. The van der Waals surface area contributed by atoms with Gasteiger partial charge in [-0.2, -0.15) is 0 Å². The maximum absolute atomic E-state index is 12.1. The van der Waals surface area contributed by atoms with Gasteiger partial charge in [0.1, 0.15) is 0 Å². The SMILES string of the molecule is O=C(Nc1ccc(Cl)cc1)c1nnc(-c2ccccc2Cl)o1. The van der Waals surface area contributed by atoms with Gasteiger partial charge in [0, 0.05) is 10.7 Å². The summed E-state index contributed by atoms with van der Waals surface area (Å²) in [6.45, 7) is 0. The van der Waals surface area contributed by atoms with Crippen molar-refractivity contribution in [3.05, 3.63) is 64.5 Å². The average molecular weight is 334 g/mol. The van der Waals surface area contributed by atoms with Gasteiger partial charge in [0.2, 0.25) is 5.89 Å². The number of carbonyl (C=O) groups is 1. The molecule has 0 saturated heterocycles. The number of rotatable bonds is 3. The highest BCUT2D eigenvalue weighted by Gasteiger charge is 2.17. The van der Waals surface area contributed by atoms with Crippen LogP contribution < -0.4 is 5.32 Å². The molecule has 110 valence electrons. The lowest BCUT2D eigenvalue weighted by molar-refractivity contribution is 0.0991. The summed E-state index contributed by atoms with van der Waals surface area (Å²) < 4.78 is 5.36. The number of carbonyl (C=O) groups excluding carboxylic acids is 1. The van der Waals surface area contributed by atoms with Crippen LogP contribution in [-0.4, -0.2) is 16.1 Å². The largest absolute Gasteiger partial charge is 0.412 e. The summed E-state index contributed by atoms with van der Waals surface area (Å²) in [6, 6.07) is 13.7. The second-order valence-electron chi connectivity index (χ2n) is 4.35. The molecule has 0 spiro atoms. The number of halogens is 2. The fourth-order valence-electron chi connectivity index (χ4n) is 1.78. The molecule has 3 aromatic rings. The molecule has 7 heteroatoms. The van der Waals surface area contributed by atoms with Crippen LogP contribution >= 0.6 is 23.2 Å². The topological polar surface area (TPSA) is 68.0 Å². The maximum Gasteiger partial charge on any atom is 0.313 e. The van der Waals surface area contributed by atoms with E-state index >= 15 is 0 Å². The van der Waals surface area contributed by atoms with Crippen LogP contribution in [0.2, 0.25) is 10.0 Å². The van der Waals surface area contributed by atoms with E-state index in [0.29, 0.717) is 21.3 Å². The standard InChI is InChI=1S/C15H9Cl2N3O2/c16-9-5-7-10(8-6-9)18-13(21)15-20-19-14(22-15)11-3-1-2-4-12(11)17/h1-8H,(H,18,21). The predicted octanol–water partition coefficient (Wildman–Crippen LogP) is 4.30. The molecular weight excluding hydrogens is 325 g/mol. The summed E-state index contributed by atoms with van der Waals surface area (Å²) in [5, 5.41) is 11.3. The summed E-state index contributed by atoms with van der Waals surface area (Å²) in [7, 11) is 0. The van der Waals surface area contributed by atoms with Crippen LogP contribution in [0.1, 0.15) is 10.7 Å². The monoisotopic (exact) mass is 333 g/mol. The Balaban J connectivity index is 1.80. The Labute approximate surface area is 135 Å². The van der Waals surface area contributed by atoms with Gasteiger partial charge in [-0.1, -0.05) is 35.3 Å². The van der Waals surface area contributed by atoms with Crippen molar-refractivity contribution in [1.82, 2.24) is 10.2 Å². The predicted molar refractivity (Wildman–Crippen MR) is 84.1 cm³/mol. The van der Waals surface area contributed by atoms with Gasteiger partial charge < -0.3 is 9.73 Å². The van der Waals surface area contributed by atoms with E-state index in [9.17, 15) is 4.79 Å². The van der Waals surface area contributed by atoms with Crippen LogP contribution in [0.15, 0.2) is 52.9 Å². The fourth-order valence-corrected chi connectivity index (χ4v) is 2.12. The highest BCUT2D eigenvalue weighted by atomic mass is 35.5. The van der Waals surface area contributed by atoms with Gasteiger partial charge >= 0.3 is 11.8 Å². The molecule has 0 radical (unpaired) electrons. The lowest BCUT2D eigenvalue weighted by atomic mass is 10.2. The Kier molecular flexibility index (Phi) is 4.09. The van der Waals surface area contributed by atoms with E-state index in [-0.39, 0.29) is 11.8 Å². The first kappa shape index (κ1) is 14.6. The van der Waals surface area contributed by atoms with Crippen molar-refractivity contribution in [2.24, 2.45) is 0 Å². The van der Waals surface area contributed by atoms with Gasteiger partial charge in [-0.15, -0.1) is 10.2 Å². The first-order chi connectivity index (χ1) is 10.6. The number of anilines is 1. The van der Waals surface area contributed by atoms with Crippen LogP contribution in [-0.2, 0) is 0 Å². The zero-order chi connectivity index (χ0) is 15.5. The molecule has 2 aromatic carbocycles. The number of benzene rings is 2. The van der Waals surface area contributed by atoms with Crippen LogP contribution in [0.5, 0.6) is 0 Å². The molecule has 0 atom stereocenters. The van der Waals surface area contributed by atoms with Crippen molar-refractivity contribution in [3.63, 3.8) is 0 Å². The molecular formula is C15H9Cl2N3O2. The molecule has 1 aromatic heterocycles. The Morgan fingerprint density at radius 3 is 2.45 bits per heavy atom. The summed E-state index contributed by atoms with van der Waals surface area (Å²) in [6.07, 6.45) is 0. The molecule has 1 N–H and O–H groups in total. The minimum Gasteiger partial charge on any atom is -0.412 e. The molecule has 1 heterocycles. The average Bonchev–Trinajstić information content (AvgIpc) is 3.00. The van der Waals surface area contributed by atoms with E-state index in [2.05, 4.69) is 15.5 Å². The van der Waals surface area contributed by atoms with Gasteiger partial charge in [0.15, 0.2) is 0 Å². The van der Waals surface area contributed by atoms with E-state index in [4.69, 9.17) is 27.6 Å². The Morgan fingerprint density at radius 2 is 1.73 bits per heavy atom. The molecule has 1 amide bonds. The first-order valence-corrected chi connectivity index (χ1v) is 7.04. The van der Waals surface area contributed by atoms with Crippen molar-refractivity contribution < 1.29 is 9.21 Å². The van der Waals surface area contributed by atoms with E-state index in [1.54, 1.807) is 48.5 Å². The van der Waals surface area contributed by atoms with Gasteiger partial charge in [-0.25, -0.2) is 0 Å². The third kappa shape index (κ3) is 3.10. The van der Waals surface area contributed by atoms with Crippen LogP contribution in [0.4, 0.5) is 5.69 Å². The maximum atomic E-state index is 12.1. The van der Waals surface area contributed by atoms with Crippen molar-refractivity contribution >= 4 is 34.8 Å². The molecule has 0 aliphatic carbocycles. The number of nitrogens with one attached hydrogen (secondary N) is 1. The van der Waals surface area contributed by atoms with Crippen LogP contribution in [0.25, 0.3) is 11.5 Å². The first-order valence-electron chi connectivity index (χ1n) is 6.29. The molecule has 22 heavy (non-hydrogen) atoms. The molecule has 0 unspecified atom stereocenters. The van der Waals surface area contributed by atoms with E-state index in [1.807, 2.05) is 0 Å². The summed E-state index contributed by atoms with van der Waals surface area (Å²) >= 11 is 11.8. The van der Waals surface area contributed by atoms with Gasteiger partial charge in [-0.05, 0) is 36.4 Å². The summed E-state index contributed by atoms with van der Waals surface area (Å²) in [5.74, 6) is -0.468. The Hall–Kier alpha value is -2.37. The van der Waals surface area contributed by atoms with Crippen molar-refractivity contribution in [2.75, 3.05) is 5.32 Å². The van der Waals surface area contributed by atoms with Crippen molar-refractivity contribution in [1.29, 1.82) is 0 Å². The minimum absolute atomic E-state index is 0.148. The van der Waals surface area contributed by atoms with Crippen LogP contribution in [0.3, 0.4) is 0 Å². The zero-order valence-corrected chi connectivity index (χ0v) is 12.6. The Morgan fingerprint density at radius 1 is 1.00 bits per heavy atom. The molecule has 0 bridgehead atoms. The molecule has 0 aliphatic rings. The quantitative estimate of drug-likeness (QED) is 0.776. The molecule has 3 rings (SSSR count). The highest BCUT2D eigenvalue weighted by molar-refractivity contribution is 6.33. The normalized spacial score (nSPS) is 10.5. The van der Waals surface area contributed by atoms with Crippen molar-refractivity contribution in [2.45, 2.75) is 0 Å². The van der Waals surface area contributed by atoms with Crippen molar-refractivity contribution in [3.8, 4) is 11.5 Å². The third-order valence-electron chi connectivity index (χ3n) is 2.83. The second kappa shape index (κ2) is 6.17. The van der Waals surface area contributed by atoms with E-state index in [0.717, 1.165) is 0 Å². The van der Waals surface area contributed by atoms with E-state index < -0.39 is 5.91 Å². The minimum atomic E-state index is -0.506. The van der Waals surface area contributed by atoms with Gasteiger partial charge in [0.05, 0.1) is 10.6 Å². The molecule has 5 nitrogen and oxygen atoms in total. The smallest absolute Gasteiger partial charge is 0.313 e. The summed E-state index contributed by atoms with van der Waals surface area (Å²) in [4.78, 5) is 12.1. The number of hydrogen-bond donors (Lipinski definition) is 1. The lowest BCUT2D eigenvalue weighted by Gasteiger charge is -2.01. The second-order valence-corrected chi connectivity index (χ2v) is 5.20. The third-order valence-corrected chi connectivity index (χ3v) is 3.41. The summed E-state index contributed by atoms with van der Waals surface area (Å²) in [5.41, 5.74) is 1.15. The van der Waals surface area contributed by atoms with Gasteiger partial charge in [-0.3, -0.25) is 4.79 Å². The number of amides is 1. The molecule has 0 saturated carbocycles. The fraction of sp³-hybridized carbons (Fsp3) is 0. The van der Waals surface area contributed by atoms with E-state index in [1.165, 1.54) is 0 Å². The lowest BCUT2D eigenvalue weighted by Crippen LogP contribution is -2.12. The highest BCUT2D eigenvalue weighted by Crippen LogP contribution is 2.26. The zero-order valence-electron chi connectivity index (χ0n) is 11.1. The van der Waals surface area contributed by atoms with Crippen LogP contribution in [0, 0.1) is 0 Å². The number of aromatic nitrogens is 2. The number of hydrogen-bond acceptors (Lipinski definition) is 4. The van der Waals surface area contributed by atoms with Gasteiger partial charge in [0.25, 0.3) is 0 Å². The molecule has 0 aliphatic heterocycles. The molecule has 0 fully saturated rings.